The number of aromatic nitrogens is 1. The first-order valence-electron chi connectivity index (χ1n) is 6.88. The number of anilines is 1. The molecule has 0 spiro atoms. The molecule has 1 aromatic heterocycles. The molecular formula is C15H10ClN3O3S3. The second-order valence-corrected chi connectivity index (χ2v) is 7.76. The van der Waals surface area contributed by atoms with Crippen LogP contribution in [0.1, 0.15) is 5.56 Å². The summed E-state index contributed by atoms with van der Waals surface area (Å²) in [6.45, 7) is -0.199. The predicted molar refractivity (Wildman–Crippen MR) is 104 cm³/mol. The van der Waals surface area contributed by atoms with Gasteiger partial charge in [-0.15, -0.1) is 11.3 Å². The summed E-state index contributed by atoms with van der Waals surface area (Å²) in [6, 6.07) is 4.93. The highest BCUT2D eigenvalue weighted by Crippen LogP contribution is 2.31. The van der Waals surface area contributed by atoms with Gasteiger partial charge in [0.05, 0.1) is 4.91 Å². The van der Waals surface area contributed by atoms with Gasteiger partial charge in [-0.1, -0.05) is 35.6 Å². The van der Waals surface area contributed by atoms with Gasteiger partial charge >= 0.3 is 0 Å². The van der Waals surface area contributed by atoms with Gasteiger partial charge in [-0.2, -0.15) is 0 Å². The Morgan fingerprint density at radius 2 is 2.32 bits per heavy atom. The summed E-state index contributed by atoms with van der Waals surface area (Å²) < 4.78 is 5.96. The Bertz CT molecular complexity index is 868. The molecule has 0 aliphatic carbocycles. The molecule has 2 aromatic rings. The number of amides is 2. The fourth-order valence-corrected chi connectivity index (χ4v) is 3.67. The summed E-state index contributed by atoms with van der Waals surface area (Å²) in [4.78, 5) is 28.1. The second kappa shape index (κ2) is 7.96. The molecule has 1 aliphatic heterocycles. The molecule has 0 atom stereocenters. The second-order valence-electron chi connectivity index (χ2n) is 4.71. The number of rotatable bonds is 5. The van der Waals surface area contributed by atoms with E-state index in [0.717, 1.165) is 11.8 Å². The number of thiocarbonyl (C=S) groups is 1. The maximum atomic E-state index is 11.9. The predicted octanol–water partition coefficient (Wildman–Crippen LogP) is 3.30. The highest BCUT2D eigenvalue weighted by atomic mass is 35.5. The monoisotopic (exact) mass is 411 g/mol. The lowest BCUT2D eigenvalue weighted by atomic mass is 10.2. The fourth-order valence-electron chi connectivity index (χ4n) is 1.91. The number of thioether (sulfide) groups is 1. The summed E-state index contributed by atoms with van der Waals surface area (Å²) >= 11 is 13.5. The minimum absolute atomic E-state index is 0.199. The molecule has 1 fully saturated rings. The first-order chi connectivity index (χ1) is 12.0. The molecule has 6 nitrogen and oxygen atoms in total. The van der Waals surface area contributed by atoms with E-state index in [4.69, 9.17) is 28.6 Å². The molecule has 25 heavy (non-hydrogen) atoms. The molecule has 128 valence electrons. The molecule has 3 rings (SSSR count). The van der Waals surface area contributed by atoms with E-state index in [2.05, 4.69) is 15.6 Å². The normalized spacial score (nSPS) is 15.3. The summed E-state index contributed by atoms with van der Waals surface area (Å²) in [6.07, 6.45) is 3.22. The van der Waals surface area contributed by atoms with Gasteiger partial charge in [-0.3, -0.25) is 14.9 Å². The van der Waals surface area contributed by atoms with Crippen LogP contribution in [0.3, 0.4) is 0 Å². The number of carbonyl (C=O) groups is 2. The molecule has 10 heteroatoms. The Morgan fingerprint density at radius 1 is 1.48 bits per heavy atom. The quantitative estimate of drug-likeness (QED) is 0.580. The van der Waals surface area contributed by atoms with Crippen molar-refractivity contribution < 1.29 is 14.3 Å². The van der Waals surface area contributed by atoms with Gasteiger partial charge in [-0.25, -0.2) is 4.98 Å². The molecule has 0 unspecified atom stereocenters. The standard InChI is InChI=1S/C15H10ClN3O3S3/c16-9-1-2-10(22-7-12(20)18-14-17-3-4-24-14)8(5-9)6-11-13(21)19-15(23)25-11/h1-6H,7H2,(H,17,18,20)(H,19,21,23)/b11-6-. The molecular weight excluding hydrogens is 402 g/mol. The minimum atomic E-state index is -0.335. The van der Waals surface area contributed by atoms with Crippen molar-refractivity contribution in [3.8, 4) is 5.75 Å². The molecule has 1 aliphatic rings. The number of thiazole rings is 1. The number of carbonyl (C=O) groups excluding carboxylic acids is 2. The lowest BCUT2D eigenvalue weighted by molar-refractivity contribution is -0.118. The van der Waals surface area contributed by atoms with Crippen LogP contribution in [0.25, 0.3) is 6.08 Å². The maximum Gasteiger partial charge on any atom is 0.264 e. The van der Waals surface area contributed by atoms with Crippen molar-refractivity contribution in [2.45, 2.75) is 0 Å². The number of benzene rings is 1. The van der Waals surface area contributed by atoms with Crippen LogP contribution < -0.4 is 15.4 Å². The topological polar surface area (TPSA) is 80.3 Å². The Labute approximate surface area is 161 Å². The van der Waals surface area contributed by atoms with E-state index < -0.39 is 0 Å². The van der Waals surface area contributed by atoms with Crippen molar-refractivity contribution in [2.75, 3.05) is 11.9 Å². The average molecular weight is 412 g/mol. The van der Waals surface area contributed by atoms with E-state index in [1.807, 2.05) is 0 Å². The number of ether oxygens (including phenoxy) is 1. The number of hydrogen-bond acceptors (Lipinski definition) is 7. The number of halogens is 1. The van der Waals surface area contributed by atoms with Gasteiger partial charge in [0.2, 0.25) is 0 Å². The van der Waals surface area contributed by atoms with E-state index >= 15 is 0 Å². The average Bonchev–Trinajstić information content (AvgIpc) is 3.16. The van der Waals surface area contributed by atoms with Gasteiger partial charge < -0.3 is 10.1 Å². The molecule has 2 N–H and O–H groups in total. The zero-order valence-electron chi connectivity index (χ0n) is 12.4. The van der Waals surface area contributed by atoms with Crippen molar-refractivity contribution in [1.82, 2.24) is 10.3 Å². The van der Waals surface area contributed by atoms with Crippen LogP contribution in [0.15, 0.2) is 34.7 Å². The smallest absolute Gasteiger partial charge is 0.264 e. The van der Waals surface area contributed by atoms with Crippen molar-refractivity contribution >= 4 is 74.3 Å². The molecule has 0 saturated carbocycles. The van der Waals surface area contributed by atoms with Crippen LogP contribution in [0.2, 0.25) is 5.02 Å². The van der Waals surface area contributed by atoms with Crippen LogP contribution in [0.5, 0.6) is 5.75 Å². The third-order valence-electron chi connectivity index (χ3n) is 2.94. The first kappa shape index (κ1) is 17.9. The van der Waals surface area contributed by atoms with Crippen molar-refractivity contribution in [3.63, 3.8) is 0 Å². The van der Waals surface area contributed by atoms with Gasteiger partial charge in [0.25, 0.3) is 11.8 Å². The lowest BCUT2D eigenvalue weighted by Crippen LogP contribution is -2.20. The molecule has 0 radical (unpaired) electrons. The minimum Gasteiger partial charge on any atom is -0.483 e. The summed E-state index contributed by atoms with van der Waals surface area (Å²) in [5, 5.41) is 7.91. The third-order valence-corrected chi connectivity index (χ3v) is 5.02. The maximum absolute atomic E-state index is 11.9. The molecule has 2 heterocycles. The zero-order valence-corrected chi connectivity index (χ0v) is 15.7. The van der Waals surface area contributed by atoms with Crippen molar-refractivity contribution in [3.05, 3.63) is 45.3 Å². The van der Waals surface area contributed by atoms with E-state index in [-0.39, 0.29) is 18.4 Å². The van der Waals surface area contributed by atoms with Crippen LogP contribution >= 0.6 is 46.9 Å². The third kappa shape index (κ3) is 4.79. The van der Waals surface area contributed by atoms with E-state index in [1.165, 1.54) is 11.3 Å². The summed E-state index contributed by atoms with van der Waals surface area (Å²) in [7, 11) is 0. The van der Waals surface area contributed by atoms with Gasteiger partial charge in [0, 0.05) is 22.2 Å². The van der Waals surface area contributed by atoms with Crippen LogP contribution in [0, 0.1) is 0 Å². The molecule has 1 saturated heterocycles. The Kier molecular flexibility index (Phi) is 5.69. The highest BCUT2D eigenvalue weighted by Gasteiger charge is 2.22. The Hall–Kier alpha value is -1.94. The first-order valence-corrected chi connectivity index (χ1v) is 9.36. The van der Waals surface area contributed by atoms with Crippen LogP contribution in [0.4, 0.5) is 5.13 Å². The van der Waals surface area contributed by atoms with Crippen molar-refractivity contribution in [2.24, 2.45) is 0 Å². The largest absolute Gasteiger partial charge is 0.483 e. The van der Waals surface area contributed by atoms with Gasteiger partial charge in [0.15, 0.2) is 11.7 Å². The number of nitrogens with one attached hydrogen (secondary N) is 2. The summed E-state index contributed by atoms with van der Waals surface area (Å²) in [5.41, 5.74) is 0.580. The van der Waals surface area contributed by atoms with Gasteiger partial charge in [0.1, 0.15) is 10.1 Å². The fraction of sp³-hybridized carbons (Fsp3) is 0.0667. The molecule has 0 bridgehead atoms. The van der Waals surface area contributed by atoms with Gasteiger partial charge in [-0.05, 0) is 24.3 Å². The SMILES string of the molecule is O=C(COc1ccc(Cl)cc1/C=C1\SC(=S)NC1=O)Nc1nccs1. The van der Waals surface area contributed by atoms with Crippen molar-refractivity contribution in [1.29, 1.82) is 0 Å². The lowest BCUT2D eigenvalue weighted by Gasteiger charge is -2.09. The molecule has 1 aromatic carbocycles. The van der Waals surface area contributed by atoms with Crippen LogP contribution in [-0.4, -0.2) is 27.7 Å². The summed E-state index contributed by atoms with van der Waals surface area (Å²) in [5.74, 6) is -0.183. The van der Waals surface area contributed by atoms with E-state index in [0.29, 0.717) is 30.7 Å². The van der Waals surface area contributed by atoms with E-state index in [9.17, 15) is 9.59 Å². The molecule has 2 amide bonds. The van der Waals surface area contributed by atoms with Crippen LogP contribution in [-0.2, 0) is 9.59 Å². The van der Waals surface area contributed by atoms with E-state index in [1.54, 1.807) is 35.9 Å². The zero-order chi connectivity index (χ0) is 17.8. The number of nitrogens with zero attached hydrogens (tertiary/aromatic N) is 1. The highest BCUT2D eigenvalue weighted by molar-refractivity contribution is 8.26. The Balaban J connectivity index is 1.73. The number of hydrogen-bond donors (Lipinski definition) is 2. The Morgan fingerprint density at radius 3 is 3.00 bits per heavy atom.